The summed E-state index contributed by atoms with van der Waals surface area (Å²) in [6.45, 7) is 0. The number of halogens is 3. The first kappa shape index (κ1) is 13.9. The highest BCUT2D eigenvalue weighted by Gasteiger charge is 2.15. The Labute approximate surface area is 112 Å². The first-order valence-electron chi connectivity index (χ1n) is 5.61. The third-order valence-corrected chi connectivity index (χ3v) is 2.50. The van der Waals surface area contributed by atoms with Crippen LogP contribution in [0.25, 0.3) is 0 Å². The first-order chi connectivity index (χ1) is 9.47. The number of carbonyl (C=O) groups excluding carboxylic acids is 1. The number of nitrogen functional groups attached to an aromatic ring is 1. The molecule has 1 heterocycles. The lowest BCUT2D eigenvalue weighted by Crippen LogP contribution is -2.16. The number of carbonyl (C=O) groups is 1. The number of nitrogens with one attached hydrogen (secondary N) is 1. The Hall–Kier alpha value is -2.57. The molecule has 1 aromatic heterocycles. The van der Waals surface area contributed by atoms with Crippen LogP contribution < -0.4 is 11.1 Å². The van der Waals surface area contributed by atoms with Crippen molar-refractivity contribution in [2.75, 3.05) is 11.1 Å². The second-order valence-corrected chi connectivity index (χ2v) is 4.03. The van der Waals surface area contributed by atoms with Crippen molar-refractivity contribution in [1.29, 1.82) is 0 Å². The second-order valence-electron chi connectivity index (χ2n) is 4.03. The average Bonchev–Trinajstić information content (AvgIpc) is 2.42. The molecular formula is C13H10F3N3O. The van der Waals surface area contributed by atoms with Gasteiger partial charge in [-0.3, -0.25) is 9.78 Å². The van der Waals surface area contributed by atoms with Crippen molar-refractivity contribution in [3.63, 3.8) is 0 Å². The van der Waals surface area contributed by atoms with Gasteiger partial charge in [0.15, 0.2) is 17.5 Å². The number of hydrogen-bond acceptors (Lipinski definition) is 3. The molecule has 0 atom stereocenters. The van der Waals surface area contributed by atoms with Crippen LogP contribution in [-0.4, -0.2) is 10.9 Å². The van der Waals surface area contributed by atoms with Crippen molar-refractivity contribution in [3.8, 4) is 0 Å². The van der Waals surface area contributed by atoms with E-state index in [9.17, 15) is 18.0 Å². The maximum absolute atomic E-state index is 13.4. The summed E-state index contributed by atoms with van der Waals surface area (Å²) in [5.74, 6) is -5.00. The van der Waals surface area contributed by atoms with Crippen molar-refractivity contribution < 1.29 is 18.0 Å². The molecular weight excluding hydrogens is 271 g/mol. The molecule has 3 N–H and O–H groups in total. The van der Waals surface area contributed by atoms with E-state index >= 15 is 0 Å². The zero-order chi connectivity index (χ0) is 14.7. The van der Waals surface area contributed by atoms with E-state index in [-0.39, 0.29) is 6.42 Å². The highest BCUT2D eigenvalue weighted by molar-refractivity contribution is 5.92. The molecule has 2 aromatic rings. The van der Waals surface area contributed by atoms with Gasteiger partial charge in [-0.25, -0.2) is 13.2 Å². The molecule has 1 amide bonds. The van der Waals surface area contributed by atoms with E-state index in [0.29, 0.717) is 11.4 Å². The molecule has 0 saturated carbocycles. The Morgan fingerprint density at radius 2 is 1.90 bits per heavy atom. The smallest absolute Gasteiger partial charge is 0.230 e. The zero-order valence-electron chi connectivity index (χ0n) is 10.2. The lowest BCUT2D eigenvalue weighted by Gasteiger charge is -2.07. The van der Waals surface area contributed by atoms with E-state index in [1.54, 1.807) is 6.07 Å². The molecule has 0 saturated heterocycles. The number of benzene rings is 1. The molecule has 0 bridgehead atoms. The summed E-state index contributed by atoms with van der Waals surface area (Å²) in [5, 5.41) is 2.15. The summed E-state index contributed by atoms with van der Waals surface area (Å²) in [7, 11) is 0. The van der Waals surface area contributed by atoms with Gasteiger partial charge >= 0.3 is 0 Å². The fourth-order valence-electron chi connectivity index (χ4n) is 1.52. The van der Waals surface area contributed by atoms with Gasteiger partial charge in [0.25, 0.3) is 0 Å². The van der Waals surface area contributed by atoms with Crippen LogP contribution in [0.15, 0.2) is 30.5 Å². The number of pyridine rings is 1. The van der Waals surface area contributed by atoms with Gasteiger partial charge in [0.1, 0.15) is 0 Å². The lowest BCUT2D eigenvalue weighted by molar-refractivity contribution is -0.115. The molecule has 104 valence electrons. The van der Waals surface area contributed by atoms with Crippen LogP contribution in [-0.2, 0) is 11.2 Å². The predicted molar refractivity (Wildman–Crippen MR) is 67.3 cm³/mol. The van der Waals surface area contributed by atoms with Crippen LogP contribution >= 0.6 is 0 Å². The standard InChI is InChI=1S/C13H10F3N3O/c14-9-3-4-10(13(16)12(9)15)19-11(20)5-8-2-1-7(17)6-18-8/h1-4,6H,5,17H2,(H,19,20). The number of anilines is 2. The number of aromatic nitrogens is 1. The molecule has 0 aliphatic rings. The van der Waals surface area contributed by atoms with Gasteiger partial charge in [0, 0.05) is 5.69 Å². The van der Waals surface area contributed by atoms with Crippen molar-refractivity contribution >= 4 is 17.3 Å². The predicted octanol–water partition coefficient (Wildman–Crippen LogP) is 2.26. The maximum atomic E-state index is 13.4. The third-order valence-electron chi connectivity index (χ3n) is 2.50. The quantitative estimate of drug-likeness (QED) is 0.848. The van der Waals surface area contributed by atoms with Crippen LogP contribution in [0.5, 0.6) is 0 Å². The monoisotopic (exact) mass is 281 g/mol. The van der Waals surface area contributed by atoms with Gasteiger partial charge in [0.2, 0.25) is 5.91 Å². The minimum absolute atomic E-state index is 0.140. The van der Waals surface area contributed by atoms with E-state index < -0.39 is 29.0 Å². The highest BCUT2D eigenvalue weighted by Crippen LogP contribution is 2.19. The summed E-state index contributed by atoms with van der Waals surface area (Å²) in [6.07, 6.45) is 1.24. The number of rotatable bonds is 3. The van der Waals surface area contributed by atoms with E-state index in [4.69, 9.17) is 5.73 Å². The second kappa shape index (κ2) is 5.60. The SMILES string of the molecule is Nc1ccc(CC(=O)Nc2ccc(F)c(F)c2F)nc1. The van der Waals surface area contributed by atoms with Crippen LogP contribution in [0.4, 0.5) is 24.5 Å². The Morgan fingerprint density at radius 1 is 1.15 bits per heavy atom. The van der Waals surface area contributed by atoms with Gasteiger partial charge < -0.3 is 11.1 Å². The molecule has 1 aromatic carbocycles. The minimum Gasteiger partial charge on any atom is -0.397 e. The van der Waals surface area contributed by atoms with Crippen LogP contribution in [0, 0.1) is 17.5 Å². The van der Waals surface area contributed by atoms with Crippen LogP contribution in [0.3, 0.4) is 0 Å². The van der Waals surface area contributed by atoms with Crippen LogP contribution in [0.1, 0.15) is 5.69 Å². The Bertz CT molecular complexity index is 644. The van der Waals surface area contributed by atoms with Crippen LogP contribution in [0.2, 0.25) is 0 Å². The summed E-state index contributed by atoms with van der Waals surface area (Å²) in [5.41, 5.74) is 5.88. The molecule has 2 rings (SSSR count). The van der Waals surface area contributed by atoms with E-state index in [1.807, 2.05) is 0 Å². The molecule has 0 aliphatic carbocycles. The molecule has 0 aliphatic heterocycles. The summed E-state index contributed by atoms with van der Waals surface area (Å²) in [6, 6.07) is 4.78. The topological polar surface area (TPSA) is 68.0 Å². The number of nitrogens with zero attached hydrogens (tertiary/aromatic N) is 1. The largest absolute Gasteiger partial charge is 0.397 e. The van der Waals surface area contributed by atoms with E-state index in [0.717, 1.165) is 12.1 Å². The fraction of sp³-hybridized carbons (Fsp3) is 0.0769. The Morgan fingerprint density at radius 3 is 2.55 bits per heavy atom. The maximum Gasteiger partial charge on any atom is 0.230 e. The Balaban J connectivity index is 2.08. The minimum atomic E-state index is -1.63. The van der Waals surface area contributed by atoms with Gasteiger partial charge in [-0.2, -0.15) is 0 Å². The zero-order valence-corrected chi connectivity index (χ0v) is 10.2. The normalized spacial score (nSPS) is 10.3. The van der Waals surface area contributed by atoms with Crippen molar-refractivity contribution in [3.05, 3.63) is 53.6 Å². The molecule has 4 nitrogen and oxygen atoms in total. The van der Waals surface area contributed by atoms with Crippen molar-refractivity contribution in [2.45, 2.75) is 6.42 Å². The number of amides is 1. The van der Waals surface area contributed by atoms with Gasteiger partial charge in [-0.15, -0.1) is 0 Å². The Kier molecular flexibility index (Phi) is 3.88. The molecule has 7 heteroatoms. The molecule has 20 heavy (non-hydrogen) atoms. The summed E-state index contributed by atoms with van der Waals surface area (Å²) >= 11 is 0. The van der Waals surface area contributed by atoms with Gasteiger partial charge in [-0.1, -0.05) is 0 Å². The van der Waals surface area contributed by atoms with Crippen molar-refractivity contribution in [1.82, 2.24) is 4.98 Å². The molecule has 0 spiro atoms. The highest BCUT2D eigenvalue weighted by atomic mass is 19.2. The van der Waals surface area contributed by atoms with E-state index in [1.165, 1.54) is 12.3 Å². The number of hydrogen-bond donors (Lipinski definition) is 2. The molecule has 0 unspecified atom stereocenters. The third kappa shape index (κ3) is 3.05. The first-order valence-corrected chi connectivity index (χ1v) is 5.61. The molecule has 0 radical (unpaired) electrons. The van der Waals surface area contributed by atoms with Gasteiger partial charge in [-0.05, 0) is 24.3 Å². The molecule has 0 fully saturated rings. The van der Waals surface area contributed by atoms with Gasteiger partial charge in [0.05, 0.1) is 24.0 Å². The summed E-state index contributed by atoms with van der Waals surface area (Å²) < 4.78 is 39.1. The van der Waals surface area contributed by atoms with E-state index in [2.05, 4.69) is 10.3 Å². The lowest BCUT2D eigenvalue weighted by atomic mass is 10.2. The van der Waals surface area contributed by atoms with Crippen molar-refractivity contribution in [2.24, 2.45) is 0 Å². The summed E-state index contributed by atoms with van der Waals surface area (Å²) in [4.78, 5) is 15.6. The average molecular weight is 281 g/mol. The fourth-order valence-corrected chi connectivity index (χ4v) is 1.52. The number of nitrogens with two attached hydrogens (primary N) is 1.